The van der Waals surface area contributed by atoms with Gasteiger partial charge in [0, 0.05) is 5.69 Å². The molecule has 0 bridgehead atoms. The number of pyridine rings is 1. The fourth-order valence-corrected chi connectivity index (χ4v) is 1.47. The average Bonchev–Trinajstić information content (AvgIpc) is 2.09. The monoisotopic (exact) mass is 243 g/mol. The number of aromatic nitrogens is 1. The summed E-state index contributed by atoms with van der Waals surface area (Å²) in [6.07, 6.45) is 0.254. The van der Waals surface area contributed by atoms with Crippen LogP contribution in [-0.2, 0) is 16.0 Å². The maximum Gasteiger partial charge on any atom is 0.310 e. The summed E-state index contributed by atoms with van der Waals surface area (Å²) >= 11 is 3.29. The van der Waals surface area contributed by atoms with Crippen molar-refractivity contribution in [1.29, 1.82) is 0 Å². The summed E-state index contributed by atoms with van der Waals surface area (Å²) in [7, 11) is 1.37. The summed E-state index contributed by atoms with van der Waals surface area (Å²) in [6, 6.07) is 3.73. The van der Waals surface area contributed by atoms with Gasteiger partial charge in [0.2, 0.25) is 0 Å². The van der Waals surface area contributed by atoms with Gasteiger partial charge in [-0.1, -0.05) is 6.07 Å². The minimum atomic E-state index is -0.258. The Labute approximate surface area is 85.3 Å². The second-order valence-electron chi connectivity index (χ2n) is 2.66. The molecule has 4 heteroatoms. The van der Waals surface area contributed by atoms with Crippen molar-refractivity contribution in [2.24, 2.45) is 0 Å². The van der Waals surface area contributed by atoms with Crippen LogP contribution in [-0.4, -0.2) is 18.1 Å². The number of methoxy groups -OCH3 is 1. The number of ether oxygens (including phenoxy) is 1. The Morgan fingerprint density at radius 3 is 2.85 bits per heavy atom. The van der Waals surface area contributed by atoms with Crippen molar-refractivity contribution in [1.82, 2.24) is 4.98 Å². The predicted molar refractivity (Wildman–Crippen MR) is 52.4 cm³/mol. The largest absolute Gasteiger partial charge is 0.469 e. The molecular formula is C9H10BrNO2. The number of halogens is 1. The zero-order chi connectivity index (χ0) is 9.84. The van der Waals surface area contributed by atoms with Gasteiger partial charge >= 0.3 is 5.97 Å². The first kappa shape index (κ1) is 10.2. The van der Waals surface area contributed by atoms with E-state index < -0.39 is 0 Å². The van der Waals surface area contributed by atoms with Gasteiger partial charge in [0.1, 0.15) is 4.60 Å². The first-order valence-electron chi connectivity index (χ1n) is 3.82. The Bertz CT molecular complexity index is 325. The lowest BCUT2D eigenvalue weighted by Crippen LogP contribution is -2.05. The van der Waals surface area contributed by atoms with Crippen LogP contribution in [0, 0.1) is 6.92 Å². The fourth-order valence-electron chi connectivity index (χ4n) is 0.913. The minimum Gasteiger partial charge on any atom is -0.469 e. The van der Waals surface area contributed by atoms with E-state index in [2.05, 4.69) is 25.7 Å². The van der Waals surface area contributed by atoms with Gasteiger partial charge in [-0.3, -0.25) is 4.79 Å². The molecule has 70 valence electrons. The van der Waals surface area contributed by atoms with E-state index in [0.717, 1.165) is 11.3 Å². The van der Waals surface area contributed by atoms with Gasteiger partial charge in [-0.15, -0.1) is 0 Å². The molecular weight excluding hydrogens is 234 g/mol. The standard InChI is InChI=1S/C9H10BrNO2/c1-6-3-4-7(9(10)11-6)5-8(12)13-2/h3-4H,5H2,1-2H3. The normalized spacial score (nSPS) is 9.77. The first-order valence-corrected chi connectivity index (χ1v) is 4.61. The van der Waals surface area contributed by atoms with E-state index in [1.165, 1.54) is 7.11 Å². The molecule has 0 saturated carbocycles. The number of hydrogen-bond donors (Lipinski definition) is 0. The molecule has 0 amide bonds. The zero-order valence-corrected chi connectivity index (χ0v) is 9.09. The highest BCUT2D eigenvalue weighted by Gasteiger charge is 2.07. The van der Waals surface area contributed by atoms with E-state index in [-0.39, 0.29) is 12.4 Å². The van der Waals surface area contributed by atoms with Gasteiger partial charge in [-0.25, -0.2) is 4.98 Å². The van der Waals surface area contributed by atoms with Gasteiger partial charge in [-0.2, -0.15) is 0 Å². The van der Waals surface area contributed by atoms with Crippen LogP contribution in [0.15, 0.2) is 16.7 Å². The summed E-state index contributed by atoms with van der Waals surface area (Å²) in [4.78, 5) is 15.1. The lowest BCUT2D eigenvalue weighted by atomic mass is 10.2. The highest BCUT2D eigenvalue weighted by atomic mass is 79.9. The van der Waals surface area contributed by atoms with Gasteiger partial charge in [0.15, 0.2) is 0 Å². The summed E-state index contributed by atoms with van der Waals surface area (Å²) in [5.74, 6) is -0.258. The van der Waals surface area contributed by atoms with Crippen LogP contribution in [0.4, 0.5) is 0 Å². The number of esters is 1. The summed E-state index contributed by atoms with van der Waals surface area (Å²) in [5, 5.41) is 0. The molecule has 0 spiro atoms. The Hall–Kier alpha value is -0.900. The van der Waals surface area contributed by atoms with Crippen LogP contribution in [0.25, 0.3) is 0 Å². The van der Waals surface area contributed by atoms with Gasteiger partial charge in [0.25, 0.3) is 0 Å². The lowest BCUT2D eigenvalue weighted by Gasteiger charge is -2.02. The minimum absolute atomic E-state index is 0.254. The molecule has 0 saturated heterocycles. The second kappa shape index (κ2) is 4.37. The molecule has 0 aliphatic rings. The smallest absolute Gasteiger partial charge is 0.310 e. The quantitative estimate of drug-likeness (QED) is 0.588. The van der Waals surface area contributed by atoms with Crippen LogP contribution >= 0.6 is 15.9 Å². The van der Waals surface area contributed by atoms with Crippen molar-refractivity contribution in [2.45, 2.75) is 13.3 Å². The molecule has 0 fully saturated rings. The zero-order valence-electron chi connectivity index (χ0n) is 7.50. The maximum absolute atomic E-state index is 10.9. The van der Waals surface area contributed by atoms with Crippen LogP contribution in [0.1, 0.15) is 11.3 Å². The highest BCUT2D eigenvalue weighted by Crippen LogP contribution is 2.15. The van der Waals surface area contributed by atoms with Crippen LogP contribution in [0.2, 0.25) is 0 Å². The van der Waals surface area contributed by atoms with Crippen molar-refractivity contribution in [3.8, 4) is 0 Å². The topological polar surface area (TPSA) is 39.2 Å². The van der Waals surface area contributed by atoms with Gasteiger partial charge in [-0.05, 0) is 34.5 Å². The third-order valence-corrected chi connectivity index (χ3v) is 2.31. The van der Waals surface area contributed by atoms with Crippen LogP contribution in [0.3, 0.4) is 0 Å². The van der Waals surface area contributed by atoms with Crippen molar-refractivity contribution in [3.05, 3.63) is 28.0 Å². The van der Waals surface area contributed by atoms with E-state index in [1.54, 1.807) is 0 Å². The Balaban J connectivity index is 2.83. The van der Waals surface area contributed by atoms with Gasteiger partial charge in [0.05, 0.1) is 13.5 Å². The Morgan fingerprint density at radius 2 is 2.31 bits per heavy atom. The second-order valence-corrected chi connectivity index (χ2v) is 3.41. The van der Waals surface area contributed by atoms with Crippen molar-refractivity contribution in [3.63, 3.8) is 0 Å². The summed E-state index contributed by atoms with van der Waals surface area (Å²) in [5.41, 5.74) is 1.76. The number of nitrogens with zero attached hydrogens (tertiary/aromatic N) is 1. The third-order valence-electron chi connectivity index (χ3n) is 1.63. The summed E-state index contributed by atoms with van der Waals surface area (Å²) in [6.45, 7) is 1.90. The SMILES string of the molecule is COC(=O)Cc1ccc(C)nc1Br. The first-order chi connectivity index (χ1) is 6.13. The molecule has 1 aromatic rings. The average molecular weight is 244 g/mol. The van der Waals surface area contributed by atoms with E-state index in [4.69, 9.17) is 0 Å². The number of hydrogen-bond acceptors (Lipinski definition) is 3. The van der Waals surface area contributed by atoms with Crippen LogP contribution < -0.4 is 0 Å². The molecule has 0 aliphatic carbocycles. The third kappa shape index (κ3) is 2.81. The van der Waals surface area contributed by atoms with E-state index in [9.17, 15) is 4.79 Å². The molecule has 1 rings (SSSR count). The van der Waals surface area contributed by atoms with Gasteiger partial charge < -0.3 is 4.74 Å². The number of carbonyl (C=O) groups excluding carboxylic acids is 1. The van der Waals surface area contributed by atoms with E-state index in [1.807, 2.05) is 19.1 Å². The van der Waals surface area contributed by atoms with Crippen molar-refractivity contribution < 1.29 is 9.53 Å². The molecule has 0 atom stereocenters. The van der Waals surface area contributed by atoms with Crippen molar-refractivity contribution >= 4 is 21.9 Å². The fraction of sp³-hybridized carbons (Fsp3) is 0.333. The number of carbonyl (C=O) groups is 1. The molecule has 0 N–H and O–H groups in total. The lowest BCUT2D eigenvalue weighted by molar-refractivity contribution is -0.139. The number of aryl methyl sites for hydroxylation is 1. The molecule has 0 aliphatic heterocycles. The molecule has 13 heavy (non-hydrogen) atoms. The predicted octanol–water partition coefficient (Wildman–Crippen LogP) is 1.87. The molecule has 0 unspecified atom stereocenters. The molecule has 1 heterocycles. The molecule has 3 nitrogen and oxygen atoms in total. The highest BCUT2D eigenvalue weighted by molar-refractivity contribution is 9.10. The molecule has 1 aromatic heterocycles. The van der Waals surface area contributed by atoms with E-state index >= 15 is 0 Å². The Morgan fingerprint density at radius 1 is 1.62 bits per heavy atom. The number of rotatable bonds is 2. The van der Waals surface area contributed by atoms with Crippen LogP contribution in [0.5, 0.6) is 0 Å². The van der Waals surface area contributed by atoms with E-state index in [0.29, 0.717) is 4.60 Å². The van der Waals surface area contributed by atoms with Crippen molar-refractivity contribution in [2.75, 3.05) is 7.11 Å². The maximum atomic E-state index is 10.9. The summed E-state index contributed by atoms with van der Waals surface area (Å²) < 4.78 is 5.26. The molecule has 0 radical (unpaired) electrons. The molecule has 0 aromatic carbocycles. The Kier molecular flexibility index (Phi) is 3.42.